The minimum atomic E-state index is -0.277. The van der Waals surface area contributed by atoms with Crippen LogP contribution in [-0.2, 0) is 0 Å². The van der Waals surface area contributed by atoms with Crippen LogP contribution >= 0.6 is 0 Å². The van der Waals surface area contributed by atoms with E-state index in [4.69, 9.17) is 4.74 Å². The number of para-hydroxylation sites is 1. The summed E-state index contributed by atoms with van der Waals surface area (Å²) in [6.07, 6.45) is 1.58. The Kier molecular flexibility index (Phi) is 4.64. The van der Waals surface area contributed by atoms with Crippen molar-refractivity contribution in [2.75, 3.05) is 7.11 Å². The molecule has 0 aliphatic carbocycles. The molecule has 0 amide bonds. The van der Waals surface area contributed by atoms with Crippen LogP contribution in [0.4, 0.5) is 5.69 Å². The fourth-order valence-electron chi connectivity index (χ4n) is 3.11. The quantitative estimate of drug-likeness (QED) is 0.540. The Bertz CT molecular complexity index is 1210. The van der Waals surface area contributed by atoms with Gasteiger partial charge in [0.1, 0.15) is 5.75 Å². The van der Waals surface area contributed by atoms with E-state index >= 15 is 0 Å². The zero-order chi connectivity index (χ0) is 19.5. The van der Waals surface area contributed by atoms with Gasteiger partial charge >= 0.3 is 0 Å². The molecule has 1 aromatic heterocycles. The second-order valence-corrected chi connectivity index (χ2v) is 6.22. The predicted molar refractivity (Wildman–Crippen MR) is 111 cm³/mol. The summed E-state index contributed by atoms with van der Waals surface area (Å²) in [7, 11) is 1.61. The second-order valence-electron chi connectivity index (χ2n) is 6.22. The van der Waals surface area contributed by atoms with Gasteiger partial charge in [-0.05, 0) is 42.5 Å². The molecule has 4 aromatic rings. The van der Waals surface area contributed by atoms with Gasteiger partial charge in [-0.15, -0.1) is 0 Å². The molecule has 0 saturated carbocycles. The van der Waals surface area contributed by atoms with Crippen LogP contribution in [0.25, 0.3) is 16.5 Å². The summed E-state index contributed by atoms with van der Waals surface area (Å²) in [4.78, 5) is 17.5. The Morgan fingerprint density at radius 1 is 0.893 bits per heavy atom. The average molecular weight is 370 g/mol. The van der Waals surface area contributed by atoms with E-state index in [0.717, 1.165) is 5.75 Å². The van der Waals surface area contributed by atoms with Crippen LogP contribution in [-0.4, -0.2) is 23.0 Å². The molecule has 28 heavy (non-hydrogen) atoms. The highest BCUT2D eigenvalue weighted by Crippen LogP contribution is 2.26. The topological polar surface area (TPSA) is 63.8 Å². The average Bonchev–Trinajstić information content (AvgIpc) is 2.75. The molecule has 4 rings (SSSR count). The highest BCUT2D eigenvalue weighted by Gasteiger charge is 2.15. The molecule has 1 N–H and O–H groups in total. The Balaban J connectivity index is 1.92. The van der Waals surface area contributed by atoms with Crippen molar-refractivity contribution in [1.82, 2.24) is 4.57 Å². The lowest BCUT2D eigenvalue weighted by Crippen LogP contribution is -2.20. The highest BCUT2D eigenvalue weighted by atomic mass is 16.5. The lowest BCUT2D eigenvalue weighted by atomic mass is 10.1. The summed E-state index contributed by atoms with van der Waals surface area (Å²) in [6.45, 7) is 0. The van der Waals surface area contributed by atoms with Gasteiger partial charge in [0.05, 0.1) is 24.0 Å². The number of benzene rings is 3. The van der Waals surface area contributed by atoms with E-state index in [-0.39, 0.29) is 11.4 Å². The Morgan fingerprint density at radius 2 is 1.54 bits per heavy atom. The van der Waals surface area contributed by atoms with Crippen LogP contribution in [0.2, 0.25) is 0 Å². The number of ether oxygens (including phenoxy) is 1. The maximum absolute atomic E-state index is 13.0. The molecule has 0 fully saturated rings. The molecule has 0 unspecified atom stereocenters. The van der Waals surface area contributed by atoms with Crippen molar-refractivity contribution in [3.05, 3.63) is 94.8 Å². The molecule has 0 bridgehead atoms. The molecule has 138 valence electrons. The Hall–Kier alpha value is -3.86. The fraction of sp³-hybridized carbons (Fsp3) is 0.0435. The molecular formula is C23H18N2O3. The predicted octanol–water partition coefficient (Wildman–Crippen LogP) is 4.46. The standard InChI is InChI=1S/C23H18N2O3/c1-28-18-13-11-16(12-14-18)24-15-21-19-9-5-6-10-20(19)22(26)25(23(21)27)17-7-3-2-4-8-17/h2-15,27H,1H3. The second kappa shape index (κ2) is 7.40. The van der Waals surface area contributed by atoms with Gasteiger partial charge in [0, 0.05) is 17.0 Å². The zero-order valence-corrected chi connectivity index (χ0v) is 15.2. The van der Waals surface area contributed by atoms with Gasteiger partial charge in [-0.1, -0.05) is 36.4 Å². The lowest BCUT2D eigenvalue weighted by Gasteiger charge is -2.13. The molecular weight excluding hydrogens is 352 g/mol. The largest absolute Gasteiger partial charge is 0.497 e. The van der Waals surface area contributed by atoms with Crippen molar-refractivity contribution in [1.29, 1.82) is 0 Å². The summed E-state index contributed by atoms with van der Waals surface area (Å²) in [6, 6.07) is 23.5. The van der Waals surface area contributed by atoms with E-state index in [1.165, 1.54) is 4.57 Å². The molecule has 3 aromatic carbocycles. The molecule has 1 heterocycles. The number of fused-ring (bicyclic) bond motifs is 1. The highest BCUT2D eigenvalue weighted by molar-refractivity contribution is 6.02. The van der Waals surface area contributed by atoms with Crippen LogP contribution in [0, 0.1) is 0 Å². The number of aliphatic imine (C=N–C) groups is 1. The van der Waals surface area contributed by atoms with Crippen LogP contribution in [0.15, 0.2) is 88.6 Å². The zero-order valence-electron chi connectivity index (χ0n) is 15.2. The van der Waals surface area contributed by atoms with Gasteiger partial charge in [0.25, 0.3) is 5.56 Å². The van der Waals surface area contributed by atoms with Gasteiger partial charge in [0.15, 0.2) is 0 Å². The van der Waals surface area contributed by atoms with Crippen molar-refractivity contribution in [2.45, 2.75) is 0 Å². The molecule has 0 saturated heterocycles. The van der Waals surface area contributed by atoms with Crippen molar-refractivity contribution in [2.24, 2.45) is 4.99 Å². The number of hydrogen-bond donors (Lipinski definition) is 1. The maximum Gasteiger partial charge on any atom is 0.265 e. The Labute approximate surface area is 161 Å². The molecule has 0 atom stereocenters. The van der Waals surface area contributed by atoms with Gasteiger partial charge in [-0.25, -0.2) is 4.57 Å². The third kappa shape index (κ3) is 3.14. The number of methoxy groups -OCH3 is 1. The van der Waals surface area contributed by atoms with Crippen LogP contribution < -0.4 is 10.3 Å². The minimum absolute atomic E-state index is 0.146. The van der Waals surface area contributed by atoms with Crippen molar-refractivity contribution >= 4 is 22.7 Å². The summed E-state index contributed by atoms with van der Waals surface area (Å²) in [5.74, 6) is 0.594. The normalized spacial score (nSPS) is 11.2. The molecule has 0 aliphatic heterocycles. The smallest absolute Gasteiger partial charge is 0.265 e. The summed E-state index contributed by atoms with van der Waals surface area (Å²) in [5.41, 5.74) is 1.51. The number of rotatable bonds is 4. The van der Waals surface area contributed by atoms with E-state index in [0.29, 0.717) is 27.7 Å². The summed E-state index contributed by atoms with van der Waals surface area (Å²) >= 11 is 0. The van der Waals surface area contributed by atoms with Crippen molar-refractivity contribution < 1.29 is 9.84 Å². The molecule has 0 aliphatic rings. The van der Waals surface area contributed by atoms with E-state index in [9.17, 15) is 9.90 Å². The Morgan fingerprint density at radius 3 is 2.21 bits per heavy atom. The first-order valence-corrected chi connectivity index (χ1v) is 8.79. The summed E-state index contributed by atoms with van der Waals surface area (Å²) < 4.78 is 6.46. The molecule has 0 spiro atoms. The van der Waals surface area contributed by atoms with E-state index in [1.54, 1.807) is 43.7 Å². The molecule has 0 radical (unpaired) electrons. The van der Waals surface area contributed by atoms with Gasteiger partial charge < -0.3 is 9.84 Å². The summed E-state index contributed by atoms with van der Waals surface area (Å²) in [5, 5.41) is 12.1. The number of aromatic hydroxyl groups is 1. The van der Waals surface area contributed by atoms with Gasteiger partial charge in [0.2, 0.25) is 5.88 Å². The minimum Gasteiger partial charge on any atom is -0.497 e. The van der Waals surface area contributed by atoms with Crippen LogP contribution in [0.3, 0.4) is 0 Å². The molecule has 5 heteroatoms. The van der Waals surface area contributed by atoms with Gasteiger partial charge in [-0.3, -0.25) is 9.79 Å². The number of nitrogens with zero attached hydrogens (tertiary/aromatic N) is 2. The third-order valence-electron chi connectivity index (χ3n) is 4.53. The number of pyridine rings is 1. The lowest BCUT2D eigenvalue weighted by molar-refractivity contribution is 0.415. The van der Waals surface area contributed by atoms with E-state index in [2.05, 4.69) is 4.99 Å². The maximum atomic E-state index is 13.0. The van der Waals surface area contributed by atoms with Crippen LogP contribution in [0.1, 0.15) is 5.56 Å². The van der Waals surface area contributed by atoms with Gasteiger partial charge in [-0.2, -0.15) is 0 Å². The first-order chi connectivity index (χ1) is 13.7. The third-order valence-corrected chi connectivity index (χ3v) is 4.53. The first-order valence-electron chi connectivity index (χ1n) is 8.79. The number of hydrogen-bond acceptors (Lipinski definition) is 4. The first kappa shape index (κ1) is 17.5. The number of aromatic nitrogens is 1. The SMILES string of the molecule is COc1ccc(N=Cc2c(O)n(-c3ccccc3)c(=O)c3ccccc23)cc1. The van der Waals surface area contributed by atoms with Crippen molar-refractivity contribution in [3.8, 4) is 17.3 Å². The fourth-order valence-corrected chi connectivity index (χ4v) is 3.11. The van der Waals surface area contributed by atoms with Crippen LogP contribution in [0.5, 0.6) is 11.6 Å². The monoisotopic (exact) mass is 370 g/mol. The molecule has 5 nitrogen and oxygen atoms in total. The van der Waals surface area contributed by atoms with Crippen molar-refractivity contribution in [3.63, 3.8) is 0 Å². The van der Waals surface area contributed by atoms with E-state index < -0.39 is 0 Å². The van der Waals surface area contributed by atoms with E-state index in [1.807, 2.05) is 48.5 Å².